The molecule has 0 fully saturated rings. The summed E-state index contributed by atoms with van der Waals surface area (Å²) in [5.74, 6) is 0.648. The van der Waals surface area contributed by atoms with Gasteiger partial charge in [-0.2, -0.15) is 0 Å². The topological polar surface area (TPSA) is 66.7 Å². The van der Waals surface area contributed by atoms with E-state index in [1.165, 1.54) is 111 Å². The Hall–Kier alpha value is -9.40. The molecule has 18 aromatic carbocycles. The van der Waals surface area contributed by atoms with E-state index in [4.69, 9.17) is 55.2 Å². The van der Waals surface area contributed by atoms with Gasteiger partial charge in [0.15, 0.2) is 0 Å². The van der Waals surface area contributed by atoms with Crippen LogP contribution < -0.4 is 0 Å². The molecule has 0 amide bonds. The molecule has 0 aliphatic carbocycles. The lowest BCUT2D eigenvalue weighted by Crippen LogP contribution is -1.82. The zero-order valence-electron chi connectivity index (χ0n) is 63.5. The first-order valence-corrected chi connectivity index (χ1v) is 47.8. The van der Waals surface area contributed by atoms with Gasteiger partial charge in [-0.25, -0.2) is 0 Å². The average molecular weight is 2120 g/mol. The Morgan fingerprint density at radius 1 is 0.238 bits per heavy atom. The summed E-state index contributed by atoms with van der Waals surface area (Å²) in [6.07, 6.45) is 0. The molecule has 4 nitrogen and oxygen atoms in total. The molecule has 0 aliphatic rings. The van der Waals surface area contributed by atoms with Crippen LogP contribution in [0, 0.1) is 0 Å². The molecule has 0 bridgehead atoms. The highest BCUT2D eigenvalue weighted by Crippen LogP contribution is 2.49. The molecule has 6 aromatic heterocycles. The van der Waals surface area contributed by atoms with E-state index >= 15 is 0 Å². The maximum atomic E-state index is 9.83. The molecule has 0 saturated heterocycles. The van der Waals surface area contributed by atoms with Gasteiger partial charge in [-0.15, -0.1) is 45.3 Å². The second-order valence-electron chi connectivity index (χ2n) is 28.8. The molecular weight excluding hydrogens is 2060 g/mol. The Morgan fingerprint density at radius 3 is 1.45 bits per heavy atom. The van der Waals surface area contributed by atoms with Crippen molar-refractivity contribution in [3.05, 3.63) is 387 Å². The number of phenolic OH excluding ortho intramolecular Hbond substituents is 2. The van der Waals surface area contributed by atoms with Gasteiger partial charge < -0.3 is 19.0 Å². The monoisotopic (exact) mass is 2110 g/mol. The molecule has 0 saturated carbocycles. The molecule has 18 heteroatoms. The molecule has 0 atom stereocenters. The summed E-state index contributed by atoms with van der Waals surface area (Å²) in [6.45, 7) is 0. The highest BCUT2D eigenvalue weighted by molar-refractivity contribution is 9.11. The van der Waals surface area contributed by atoms with Gasteiger partial charge in [0.25, 0.3) is 0 Å². The van der Waals surface area contributed by atoms with Gasteiger partial charge in [0.05, 0.1) is 33.6 Å². The van der Waals surface area contributed by atoms with Crippen LogP contribution in [0.2, 0.25) is 20.1 Å². The van der Waals surface area contributed by atoms with E-state index in [9.17, 15) is 10.2 Å². The number of fused-ring (bicyclic) bond motifs is 21. The van der Waals surface area contributed by atoms with Gasteiger partial charge in [-0.05, 0) is 229 Å². The standard InChI is InChI=1S/2C22H12BrClS.2C18H10BrClO.2C12H7BrOS/c23-14-6-3-5-13(11-14)18-12-19-17-9-4-10-20(24)22(17)25-21(19)16-8-2-1-7-15(16)18;23-16-8-5-13(6-9-16)14-7-10-18-19(11-14)25-20-12-15-3-1-2-4-17(15)22(24)21(18)20;19-13-4-1-11(2-5-13)12-3-7-15-16-8-6-14(20)10-18(16)21-17(15)9-12;19-13-7-4-11(5-8-13)12-6-9-16-14(10-12)18-15(20)2-1-3-17(18)21-16;13-7-5-9-8-3-1-2-4-11(8)15-12(9)10(14)6-7;13-11-9(14)6-5-8-7-3-1-2-4-10(7)15-12(8)11/h2*1-12H;2*1-10H;2*1-6,14H. The number of thiophene rings is 4. The van der Waals surface area contributed by atoms with Gasteiger partial charge in [-0.1, -0.05) is 302 Å². The summed E-state index contributed by atoms with van der Waals surface area (Å²) in [6, 6.07) is 116. The largest absolute Gasteiger partial charge is 0.507 e. The van der Waals surface area contributed by atoms with Crippen LogP contribution in [0.25, 0.3) is 191 Å². The lowest BCUT2D eigenvalue weighted by Gasteiger charge is -2.09. The van der Waals surface area contributed by atoms with E-state index in [1.807, 2.05) is 133 Å². The Balaban J connectivity index is 0.0000000974. The Morgan fingerprint density at radius 2 is 0.754 bits per heavy atom. The van der Waals surface area contributed by atoms with Crippen molar-refractivity contribution in [3.8, 4) is 56.0 Å². The van der Waals surface area contributed by atoms with Crippen molar-refractivity contribution in [1.29, 1.82) is 0 Å². The van der Waals surface area contributed by atoms with Crippen molar-refractivity contribution in [2.45, 2.75) is 0 Å². The van der Waals surface area contributed by atoms with Crippen LogP contribution in [0.3, 0.4) is 0 Å². The summed E-state index contributed by atoms with van der Waals surface area (Å²) in [4.78, 5) is 0. The van der Waals surface area contributed by atoms with Gasteiger partial charge in [-0.3, -0.25) is 0 Å². The summed E-state index contributed by atoms with van der Waals surface area (Å²) in [5, 5.41) is 41.3. The Labute approximate surface area is 786 Å². The van der Waals surface area contributed by atoms with Crippen LogP contribution in [0.5, 0.6) is 11.5 Å². The SMILES string of the molecule is Clc1c2ccccc2cc2sc3cc(-c4ccc(Br)cc4)ccc3c12.Clc1ccc2c(c1)oc1cc(-c3ccc(Br)cc3)ccc12.Clc1cccc2c1sc1c3ccccc3c(-c3cccc(Br)c3)cc21.Clc1cccc2oc3ccc(-c4ccc(Br)cc4)cc3c12.Oc1cc(Br)cc2c1sc1ccccc12.Oc1ccc2c(sc3ccccc32)c1Br. The number of furan rings is 2. The third-order valence-electron chi connectivity index (χ3n) is 21.3. The third kappa shape index (κ3) is 16.5. The van der Waals surface area contributed by atoms with E-state index in [2.05, 4.69) is 302 Å². The number of aromatic hydroxyl groups is 2. The van der Waals surface area contributed by atoms with Crippen LogP contribution in [-0.2, 0) is 0 Å². The van der Waals surface area contributed by atoms with Gasteiger partial charge >= 0.3 is 0 Å². The van der Waals surface area contributed by atoms with Crippen molar-refractivity contribution < 1.29 is 19.0 Å². The molecule has 24 aromatic rings. The minimum Gasteiger partial charge on any atom is -0.507 e. The second kappa shape index (κ2) is 35.3. The van der Waals surface area contributed by atoms with Gasteiger partial charge in [0.1, 0.15) is 33.8 Å². The highest BCUT2D eigenvalue weighted by atomic mass is 79.9. The Bertz CT molecular complexity index is 8200. The lowest BCUT2D eigenvalue weighted by atomic mass is 9.95. The number of halogens is 10. The summed E-state index contributed by atoms with van der Waals surface area (Å²) in [5.41, 5.74) is 12.9. The fourth-order valence-electron chi connectivity index (χ4n) is 15.5. The number of rotatable bonds is 4. The molecule has 0 radical (unpaired) electrons. The van der Waals surface area contributed by atoms with Crippen molar-refractivity contribution in [2.24, 2.45) is 0 Å². The van der Waals surface area contributed by atoms with E-state index in [0.29, 0.717) is 16.5 Å². The molecule has 0 unspecified atom stereocenters. The Kier molecular flexibility index (Phi) is 23.8. The number of benzene rings is 18. The summed E-state index contributed by atoms with van der Waals surface area (Å²) >= 11 is 53.3. The zero-order chi connectivity index (χ0) is 83.6. The van der Waals surface area contributed by atoms with E-state index in [1.54, 1.807) is 46.1 Å². The summed E-state index contributed by atoms with van der Waals surface area (Å²) < 4.78 is 27.3. The molecule has 0 spiro atoms. The zero-order valence-corrected chi connectivity index (χ0v) is 79.3. The first-order valence-electron chi connectivity index (χ1n) is 38.3. The van der Waals surface area contributed by atoms with Crippen LogP contribution in [0.15, 0.2) is 375 Å². The average Bonchev–Trinajstić information content (AvgIpc) is 1.56. The maximum Gasteiger partial charge on any atom is 0.136 e. The van der Waals surface area contributed by atoms with Gasteiger partial charge in [0, 0.05) is 132 Å². The molecule has 122 heavy (non-hydrogen) atoms. The predicted molar refractivity (Wildman–Crippen MR) is 551 cm³/mol. The number of hydrogen-bond donors (Lipinski definition) is 2. The maximum absolute atomic E-state index is 9.83. The summed E-state index contributed by atoms with van der Waals surface area (Å²) in [7, 11) is 0. The smallest absolute Gasteiger partial charge is 0.136 e. The first-order chi connectivity index (χ1) is 59.4. The third-order valence-corrected chi connectivity index (χ3v) is 31.1. The van der Waals surface area contributed by atoms with Crippen molar-refractivity contribution in [1.82, 2.24) is 0 Å². The first kappa shape index (κ1) is 82.2. The van der Waals surface area contributed by atoms with Crippen molar-refractivity contribution >= 4 is 333 Å². The quantitative estimate of drug-likeness (QED) is 0.184. The van der Waals surface area contributed by atoms with Crippen molar-refractivity contribution in [2.75, 3.05) is 0 Å². The number of phenols is 2. The molecule has 6 heterocycles. The van der Waals surface area contributed by atoms with Crippen LogP contribution in [0.4, 0.5) is 0 Å². The van der Waals surface area contributed by atoms with Crippen LogP contribution in [0.1, 0.15) is 0 Å². The van der Waals surface area contributed by atoms with E-state index in [0.717, 1.165) is 122 Å². The lowest BCUT2D eigenvalue weighted by molar-refractivity contribution is 0.473. The fraction of sp³-hybridized carbons (Fsp3) is 0. The van der Waals surface area contributed by atoms with Crippen LogP contribution >= 0.6 is 187 Å². The van der Waals surface area contributed by atoms with E-state index in [-0.39, 0.29) is 0 Å². The minimum absolute atomic E-state index is 0.300. The van der Waals surface area contributed by atoms with E-state index < -0.39 is 0 Å². The predicted octanol–water partition coefficient (Wildman–Crippen LogP) is 39.0. The molecule has 24 rings (SSSR count). The fourth-order valence-corrected chi connectivity index (χ4v) is 23.6. The molecular formula is C104H58Br6Cl4O4S4. The van der Waals surface area contributed by atoms with Crippen molar-refractivity contribution in [3.63, 3.8) is 0 Å². The van der Waals surface area contributed by atoms with Gasteiger partial charge in [0.2, 0.25) is 0 Å². The van der Waals surface area contributed by atoms with Crippen LogP contribution in [-0.4, -0.2) is 10.2 Å². The normalized spacial score (nSPS) is 11.4. The highest BCUT2D eigenvalue weighted by Gasteiger charge is 2.19. The molecule has 2 N–H and O–H groups in total. The minimum atomic E-state index is 0.300. The second-order valence-corrected chi connectivity index (χ2v) is 40.1. The number of hydrogen-bond acceptors (Lipinski definition) is 8. The molecule has 592 valence electrons. The molecule has 0 aliphatic heterocycles.